The summed E-state index contributed by atoms with van der Waals surface area (Å²) < 4.78 is 0. The lowest BCUT2D eigenvalue weighted by Gasteiger charge is -2.38. The van der Waals surface area contributed by atoms with Gasteiger partial charge in [0.25, 0.3) is 0 Å². The summed E-state index contributed by atoms with van der Waals surface area (Å²) in [7, 11) is 0. The molecular formula is C11H19N. The molecule has 1 rings (SSSR count). The third-order valence-corrected chi connectivity index (χ3v) is 2.62. The van der Waals surface area contributed by atoms with Crippen LogP contribution in [0, 0.1) is 0 Å². The molecule has 68 valence electrons. The van der Waals surface area contributed by atoms with E-state index in [1.807, 2.05) is 0 Å². The Morgan fingerprint density at radius 3 is 2.83 bits per heavy atom. The zero-order valence-corrected chi connectivity index (χ0v) is 8.27. The second-order valence-corrected chi connectivity index (χ2v) is 3.60. The molecular weight excluding hydrogens is 146 g/mol. The van der Waals surface area contributed by atoms with E-state index in [2.05, 4.69) is 31.9 Å². The van der Waals surface area contributed by atoms with Gasteiger partial charge in [0.2, 0.25) is 0 Å². The van der Waals surface area contributed by atoms with Crippen molar-refractivity contribution >= 4 is 0 Å². The van der Waals surface area contributed by atoms with E-state index in [4.69, 9.17) is 0 Å². The van der Waals surface area contributed by atoms with Crippen LogP contribution >= 0.6 is 0 Å². The van der Waals surface area contributed by atoms with E-state index < -0.39 is 0 Å². The average molecular weight is 165 g/mol. The van der Waals surface area contributed by atoms with Crippen molar-refractivity contribution in [3.05, 3.63) is 24.6 Å². The summed E-state index contributed by atoms with van der Waals surface area (Å²) in [6, 6.07) is 0.610. The van der Waals surface area contributed by atoms with Crippen LogP contribution in [0.2, 0.25) is 0 Å². The molecule has 1 atom stereocenters. The lowest BCUT2D eigenvalue weighted by molar-refractivity contribution is 0.261. The molecule has 1 nitrogen and oxygen atoms in total. The molecule has 1 saturated heterocycles. The summed E-state index contributed by atoms with van der Waals surface area (Å²) in [4.78, 5) is 2.31. The van der Waals surface area contributed by atoms with E-state index in [0.29, 0.717) is 6.04 Å². The van der Waals surface area contributed by atoms with Gasteiger partial charge < -0.3 is 4.90 Å². The third kappa shape index (κ3) is 1.71. The molecule has 12 heavy (non-hydrogen) atoms. The van der Waals surface area contributed by atoms with E-state index in [1.165, 1.54) is 24.2 Å². The first-order chi connectivity index (χ1) is 5.66. The van der Waals surface area contributed by atoms with E-state index in [9.17, 15) is 0 Å². The summed E-state index contributed by atoms with van der Waals surface area (Å²) >= 11 is 0. The minimum Gasteiger partial charge on any atom is -0.347 e. The van der Waals surface area contributed by atoms with Gasteiger partial charge in [0.15, 0.2) is 0 Å². The highest BCUT2D eigenvalue weighted by Crippen LogP contribution is 2.28. The molecule has 0 bridgehead atoms. The fraction of sp³-hybridized carbons (Fsp3) is 0.636. The van der Waals surface area contributed by atoms with Gasteiger partial charge in [-0.1, -0.05) is 20.1 Å². The number of likely N-dealkylation sites (tertiary alicyclic amines) is 1. The summed E-state index contributed by atoms with van der Waals surface area (Å²) in [5.41, 5.74) is 2.47. The highest BCUT2D eigenvalue weighted by molar-refractivity contribution is 5.11. The zero-order chi connectivity index (χ0) is 9.14. The summed E-state index contributed by atoms with van der Waals surface area (Å²) in [6.07, 6.45) is 4.73. The Hall–Kier alpha value is -0.720. The molecule has 0 spiro atoms. The minimum atomic E-state index is 0.610. The molecule has 0 amide bonds. The first-order valence-corrected chi connectivity index (χ1v) is 4.81. The van der Waals surface area contributed by atoms with E-state index in [1.54, 1.807) is 0 Å². The fourth-order valence-corrected chi connectivity index (χ4v) is 1.87. The van der Waals surface area contributed by atoms with Gasteiger partial charge >= 0.3 is 0 Å². The van der Waals surface area contributed by atoms with Crippen LogP contribution in [0.25, 0.3) is 0 Å². The number of hydrogen-bond donors (Lipinski definition) is 0. The number of piperidine rings is 1. The maximum Gasteiger partial charge on any atom is 0.0307 e. The third-order valence-electron chi connectivity index (χ3n) is 2.62. The molecule has 0 aromatic rings. The maximum atomic E-state index is 4.08. The van der Waals surface area contributed by atoms with Crippen LogP contribution in [-0.4, -0.2) is 10.9 Å². The van der Waals surface area contributed by atoms with Crippen LogP contribution in [0.15, 0.2) is 24.6 Å². The molecule has 0 saturated carbocycles. The molecule has 0 unspecified atom stereocenters. The first-order valence-electron chi connectivity index (χ1n) is 4.81. The number of nitrogens with zero attached hydrogens (tertiary/aromatic N) is 1. The quantitative estimate of drug-likeness (QED) is 0.607. The summed E-state index contributed by atoms with van der Waals surface area (Å²) in [6.45, 7) is 12.5. The highest BCUT2D eigenvalue weighted by atomic mass is 15.2. The largest absolute Gasteiger partial charge is 0.347 e. The van der Waals surface area contributed by atoms with Crippen molar-refractivity contribution in [3.63, 3.8) is 0 Å². The van der Waals surface area contributed by atoms with Crippen LogP contribution in [0.5, 0.6) is 0 Å². The Morgan fingerprint density at radius 1 is 1.67 bits per heavy atom. The fourth-order valence-electron chi connectivity index (χ4n) is 1.87. The Morgan fingerprint density at radius 2 is 2.33 bits per heavy atom. The number of hydrogen-bond acceptors (Lipinski definition) is 1. The zero-order valence-electron chi connectivity index (χ0n) is 8.27. The lowest BCUT2D eigenvalue weighted by atomic mass is 10.00. The standard InChI is InChI=1S/C11H19N/c1-5-9(2)12-10(3)7-6-8-11(12)4/h11H,2-3,5-8H2,1,4H3/t11-/m0/s1. The van der Waals surface area contributed by atoms with Crippen molar-refractivity contribution in [1.82, 2.24) is 4.90 Å². The van der Waals surface area contributed by atoms with Crippen molar-refractivity contribution in [2.24, 2.45) is 0 Å². The molecule has 0 aromatic heterocycles. The molecule has 1 heterocycles. The van der Waals surface area contributed by atoms with E-state index in [0.717, 1.165) is 12.8 Å². The van der Waals surface area contributed by atoms with Gasteiger partial charge in [-0.2, -0.15) is 0 Å². The average Bonchev–Trinajstić information content (AvgIpc) is 2.03. The Bertz CT molecular complexity index is 185. The summed E-state index contributed by atoms with van der Waals surface area (Å²) in [5.74, 6) is 0. The van der Waals surface area contributed by atoms with Crippen molar-refractivity contribution in [2.45, 2.75) is 45.6 Å². The molecule has 1 aliphatic heterocycles. The normalized spacial score (nSPS) is 24.3. The van der Waals surface area contributed by atoms with Crippen LogP contribution in [0.4, 0.5) is 0 Å². The second kappa shape index (κ2) is 3.79. The monoisotopic (exact) mass is 165 g/mol. The predicted molar refractivity (Wildman–Crippen MR) is 53.7 cm³/mol. The SMILES string of the molecule is C=C(CC)N1C(=C)CCC[C@@H]1C. The Labute approximate surface area is 75.8 Å². The lowest BCUT2D eigenvalue weighted by Crippen LogP contribution is -2.34. The van der Waals surface area contributed by atoms with Crippen molar-refractivity contribution in [1.29, 1.82) is 0 Å². The number of rotatable bonds is 2. The molecule has 1 fully saturated rings. The second-order valence-electron chi connectivity index (χ2n) is 3.60. The van der Waals surface area contributed by atoms with E-state index >= 15 is 0 Å². The minimum absolute atomic E-state index is 0.610. The predicted octanol–water partition coefficient (Wildman–Crippen LogP) is 3.30. The molecule has 0 N–H and O–H groups in total. The molecule has 0 radical (unpaired) electrons. The molecule has 1 heteroatoms. The highest BCUT2D eigenvalue weighted by Gasteiger charge is 2.21. The number of allylic oxidation sites excluding steroid dienone is 2. The van der Waals surface area contributed by atoms with Crippen LogP contribution < -0.4 is 0 Å². The molecule has 0 aliphatic carbocycles. The van der Waals surface area contributed by atoms with Crippen molar-refractivity contribution in [3.8, 4) is 0 Å². The smallest absolute Gasteiger partial charge is 0.0307 e. The van der Waals surface area contributed by atoms with E-state index in [-0.39, 0.29) is 0 Å². The van der Waals surface area contributed by atoms with Gasteiger partial charge in [0.1, 0.15) is 0 Å². The Balaban J connectivity index is 2.69. The van der Waals surface area contributed by atoms with Gasteiger partial charge in [0.05, 0.1) is 0 Å². The molecule has 1 aliphatic rings. The first kappa shape index (κ1) is 9.37. The van der Waals surface area contributed by atoms with Crippen LogP contribution in [0.1, 0.15) is 39.5 Å². The maximum absolute atomic E-state index is 4.08. The summed E-state index contributed by atoms with van der Waals surface area (Å²) in [5, 5.41) is 0. The molecule has 0 aromatic carbocycles. The van der Waals surface area contributed by atoms with Gasteiger partial charge in [-0.25, -0.2) is 0 Å². The Kier molecular flexibility index (Phi) is 2.96. The topological polar surface area (TPSA) is 3.24 Å². The van der Waals surface area contributed by atoms with Crippen LogP contribution in [0.3, 0.4) is 0 Å². The van der Waals surface area contributed by atoms with Gasteiger partial charge in [-0.05, 0) is 32.6 Å². The van der Waals surface area contributed by atoms with Crippen LogP contribution in [-0.2, 0) is 0 Å². The van der Waals surface area contributed by atoms with Gasteiger partial charge in [-0.3, -0.25) is 0 Å². The van der Waals surface area contributed by atoms with Gasteiger partial charge in [0, 0.05) is 17.4 Å². The van der Waals surface area contributed by atoms with Crippen molar-refractivity contribution < 1.29 is 0 Å². The van der Waals surface area contributed by atoms with Gasteiger partial charge in [-0.15, -0.1) is 0 Å². The van der Waals surface area contributed by atoms with Crippen molar-refractivity contribution in [2.75, 3.05) is 0 Å².